The Morgan fingerprint density at radius 3 is 2.14 bits per heavy atom. The van der Waals surface area contributed by atoms with E-state index >= 15 is 0 Å². The monoisotopic (exact) mass is 296 g/mol. The molecule has 0 bridgehead atoms. The number of carbonyl (C=O) groups excluding carboxylic acids is 2. The molecular weight excluding hydrogens is 276 g/mol. The predicted molar refractivity (Wildman–Crippen MR) is 87.5 cm³/mol. The topological polar surface area (TPSA) is 58.2 Å². The smallest absolute Gasteiger partial charge is 0.251 e. The first-order chi connectivity index (χ1) is 10.7. The van der Waals surface area contributed by atoms with Crippen LogP contribution in [0.2, 0.25) is 0 Å². The van der Waals surface area contributed by atoms with Gasteiger partial charge in [-0.15, -0.1) is 0 Å². The lowest BCUT2D eigenvalue weighted by Gasteiger charge is -2.07. The van der Waals surface area contributed by atoms with Crippen LogP contribution >= 0.6 is 0 Å². The predicted octanol–water partition coefficient (Wildman–Crippen LogP) is 2.61. The van der Waals surface area contributed by atoms with Gasteiger partial charge >= 0.3 is 0 Å². The van der Waals surface area contributed by atoms with Gasteiger partial charge in [-0.05, 0) is 29.7 Å². The zero-order chi connectivity index (χ0) is 15.8. The SMILES string of the molecule is CCCNC(=O)CNC(=O)c1ccc(-c2ccccc2)cc1. The fraction of sp³-hybridized carbons (Fsp3) is 0.222. The molecule has 0 fully saturated rings. The highest BCUT2D eigenvalue weighted by Crippen LogP contribution is 2.19. The minimum atomic E-state index is -0.244. The molecule has 0 saturated heterocycles. The van der Waals surface area contributed by atoms with Crippen molar-refractivity contribution >= 4 is 11.8 Å². The van der Waals surface area contributed by atoms with Crippen molar-refractivity contribution in [2.75, 3.05) is 13.1 Å². The quantitative estimate of drug-likeness (QED) is 0.861. The highest BCUT2D eigenvalue weighted by Gasteiger charge is 2.07. The van der Waals surface area contributed by atoms with Gasteiger partial charge in [0.05, 0.1) is 6.54 Å². The van der Waals surface area contributed by atoms with Crippen LogP contribution in [0.4, 0.5) is 0 Å². The maximum Gasteiger partial charge on any atom is 0.251 e. The van der Waals surface area contributed by atoms with Gasteiger partial charge in [0.25, 0.3) is 5.91 Å². The molecule has 0 heterocycles. The molecule has 114 valence electrons. The average Bonchev–Trinajstić information content (AvgIpc) is 2.58. The van der Waals surface area contributed by atoms with Crippen LogP contribution in [0.3, 0.4) is 0 Å². The van der Waals surface area contributed by atoms with Crippen molar-refractivity contribution in [2.24, 2.45) is 0 Å². The van der Waals surface area contributed by atoms with Gasteiger partial charge in [0.2, 0.25) is 5.91 Å². The molecule has 0 aliphatic rings. The summed E-state index contributed by atoms with van der Waals surface area (Å²) in [5.41, 5.74) is 2.70. The van der Waals surface area contributed by atoms with Crippen molar-refractivity contribution in [3.05, 3.63) is 60.2 Å². The van der Waals surface area contributed by atoms with Gasteiger partial charge in [-0.3, -0.25) is 9.59 Å². The van der Waals surface area contributed by atoms with E-state index in [9.17, 15) is 9.59 Å². The Bertz CT molecular complexity index is 621. The highest BCUT2D eigenvalue weighted by molar-refractivity contribution is 5.96. The molecule has 0 aliphatic carbocycles. The molecule has 0 saturated carbocycles. The Kier molecular flexibility index (Phi) is 5.72. The van der Waals surface area contributed by atoms with E-state index in [-0.39, 0.29) is 18.4 Å². The van der Waals surface area contributed by atoms with Crippen LogP contribution in [-0.2, 0) is 4.79 Å². The molecule has 2 aromatic carbocycles. The van der Waals surface area contributed by atoms with Crippen LogP contribution in [0.15, 0.2) is 54.6 Å². The summed E-state index contributed by atoms with van der Waals surface area (Å²) in [4.78, 5) is 23.4. The number of rotatable bonds is 6. The second-order valence-electron chi connectivity index (χ2n) is 4.98. The Balaban J connectivity index is 1.93. The Morgan fingerprint density at radius 1 is 0.864 bits per heavy atom. The first-order valence-corrected chi connectivity index (χ1v) is 7.41. The number of hydrogen-bond donors (Lipinski definition) is 2. The number of nitrogens with one attached hydrogen (secondary N) is 2. The molecule has 0 aromatic heterocycles. The summed E-state index contributed by atoms with van der Waals surface area (Å²) >= 11 is 0. The van der Waals surface area contributed by atoms with Crippen molar-refractivity contribution in [2.45, 2.75) is 13.3 Å². The molecule has 2 amide bonds. The third kappa shape index (κ3) is 4.45. The van der Waals surface area contributed by atoms with Crippen LogP contribution in [0.5, 0.6) is 0 Å². The van der Waals surface area contributed by atoms with Gasteiger partial charge in [-0.25, -0.2) is 0 Å². The average molecular weight is 296 g/mol. The van der Waals surface area contributed by atoms with Crippen LogP contribution in [0.1, 0.15) is 23.7 Å². The number of carbonyl (C=O) groups is 2. The maximum atomic E-state index is 12.0. The summed E-state index contributed by atoms with van der Waals surface area (Å²) in [6, 6.07) is 17.3. The summed E-state index contributed by atoms with van der Waals surface area (Å²) in [7, 11) is 0. The van der Waals surface area contributed by atoms with E-state index in [2.05, 4.69) is 10.6 Å². The first kappa shape index (κ1) is 15.8. The van der Waals surface area contributed by atoms with Crippen LogP contribution in [0, 0.1) is 0 Å². The zero-order valence-corrected chi connectivity index (χ0v) is 12.6. The van der Waals surface area contributed by atoms with Crippen molar-refractivity contribution in [3.63, 3.8) is 0 Å². The van der Waals surface area contributed by atoms with Gasteiger partial charge in [-0.2, -0.15) is 0 Å². The lowest BCUT2D eigenvalue weighted by Crippen LogP contribution is -2.37. The largest absolute Gasteiger partial charge is 0.355 e. The minimum absolute atomic E-state index is 0.000724. The first-order valence-electron chi connectivity index (χ1n) is 7.41. The summed E-state index contributed by atoms with van der Waals surface area (Å²) in [6.07, 6.45) is 0.876. The Morgan fingerprint density at radius 2 is 1.50 bits per heavy atom. The Labute approximate surface area is 130 Å². The minimum Gasteiger partial charge on any atom is -0.355 e. The molecule has 0 aliphatic heterocycles. The van der Waals surface area contributed by atoms with Gasteiger partial charge < -0.3 is 10.6 Å². The fourth-order valence-corrected chi connectivity index (χ4v) is 2.03. The molecular formula is C18H20N2O2. The third-order valence-corrected chi connectivity index (χ3v) is 3.24. The van der Waals surface area contributed by atoms with Gasteiger partial charge in [-0.1, -0.05) is 49.4 Å². The van der Waals surface area contributed by atoms with Gasteiger partial charge in [0.15, 0.2) is 0 Å². The molecule has 0 spiro atoms. The highest BCUT2D eigenvalue weighted by atomic mass is 16.2. The van der Waals surface area contributed by atoms with Crippen LogP contribution in [0.25, 0.3) is 11.1 Å². The van der Waals surface area contributed by atoms with E-state index in [1.807, 2.05) is 49.4 Å². The van der Waals surface area contributed by atoms with Crippen molar-refractivity contribution in [1.29, 1.82) is 0 Å². The number of amides is 2. The summed E-state index contributed by atoms with van der Waals surface area (Å²) in [5.74, 6) is -0.414. The van der Waals surface area contributed by atoms with E-state index in [0.717, 1.165) is 17.5 Å². The molecule has 0 radical (unpaired) electrons. The van der Waals surface area contributed by atoms with Gasteiger partial charge in [0, 0.05) is 12.1 Å². The van der Waals surface area contributed by atoms with E-state index in [1.54, 1.807) is 12.1 Å². The summed E-state index contributed by atoms with van der Waals surface area (Å²) in [6.45, 7) is 2.60. The Hall–Kier alpha value is -2.62. The van der Waals surface area contributed by atoms with E-state index in [4.69, 9.17) is 0 Å². The maximum absolute atomic E-state index is 12.0. The molecule has 4 heteroatoms. The van der Waals surface area contributed by atoms with E-state index in [1.165, 1.54) is 0 Å². The molecule has 0 atom stereocenters. The van der Waals surface area contributed by atoms with Crippen molar-refractivity contribution < 1.29 is 9.59 Å². The number of benzene rings is 2. The normalized spacial score (nSPS) is 10.0. The molecule has 4 nitrogen and oxygen atoms in total. The summed E-state index contributed by atoms with van der Waals surface area (Å²) < 4.78 is 0. The van der Waals surface area contributed by atoms with E-state index < -0.39 is 0 Å². The molecule has 2 N–H and O–H groups in total. The second kappa shape index (κ2) is 7.98. The molecule has 0 unspecified atom stereocenters. The van der Waals surface area contributed by atoms with Gasteiger partial charge in [0.1, 0.15) is 0 Å². The summed E-state index contributed by atoms with van der Waals surface area (Å²) in [5, 5.41) is 5.33. The molecule has 22 heavy (non-hydrogen) atoms. The van der Waals surface area contributed by atoms with Crippen LogP contribution in [-0.4, -0.2) is 24.9 Å². The second-order valence-corrected chi connectivity index (χ2v) is 4.98. The van der Waals surface area contributed by atoms with Crippen molar-refractivity contribution in [1.82, 2.24) is 10.6 Å². The lowest BCUT2D eigenvalue weighted by molar-refractivity contribution is -0.120. The third-order valence-electron chi connectivity index (χ3n) is 3.24. The molecule has 2 aromatic rings. The van der Waals surface area contributed by atoms with Crippen molar-refractivity contribution in [3.8, 4) is 11.1 Å². The fourth-order valence-electron chi connectivity index (χ4n) is 2.03. The zero-order valence-electron chi connectivity index (χ0n) is 12.6. The van der Waals surface area contributed by atoms with Crippen LogP contribution < -0.4 is 10.6 Å². The lowest BCUT2D eigenvalue weighted by atomic mass is 10.0. The standard InChI is InChI=1S/C18H20N2O2/c1-2-12-19-17(21)13-20-18(22)16-10-8-15(9-11-16)14-6-4-3-5-7-14/h3-11H,2,12-13H2,1H3,(H,19,21)(H,20,22). The molecule has 2 rings (SSSR count). The van der Waals surface area contributed by atoms with E-state index in [0.29, 0.717) is 12.1 Å². The number of hydrogen-bond acceptors (Lipinski definition) is 2.